The van der Waals surface area contributed by atoms with Gasteiger partial charge in [0.2, 0.25) is 0 Å². The first-order chi connectivity index (χ1) is 9.17. The van der Waals surface area contributed by atoms with Crippen molar-refractivity contribution >= 4 is 11.6 Å². The van der Waals surface area contributed by atoms with E-state index in [9.17, 15) is 0 Å². The minimum atomic E-state index is 0.622. The number of nitrogens with zero attached hydrogens (tertiary/aromatic N) is 3. The van der Waals surface area contributed by atoms with Crippen LogP contribution < -0.4 is 10.6 Å². The third-order valence-electron chi connectivity index (χ3n) is 4.04. The van der Waals surface area contributed by atoms with Gasteiger partial charge in [-0.25, -0.2) is 9.97 Å². The molecule has 0 aromatic carbocycles. The highest BCUT2D eigenvalue weighted by Crippen LogP contribution is 2.30. The number of rotatable bonds is 4. The Bertz CT molecular complexity index is 428. The van der Waals surface area contributed by atoms with Gasteiger partial charge in [-0.2, -0.15) is 0 Å². The predicted molar refractivity (Wildman–Crippen MR) is 80.5 cm³/mol. The minimum Gasteiger partial charge on any atom is -0.383 e. The van der Waals surface area contributed by atoms with Crippen molar-refractivity contribution in [2.75, 3.05) is 17.2 Å². The van der Waals surface area contributed by atoms with Crippen molar-refractivity contribution in [3.8, 4) is 0 Å². The molecule has 0 amide bonds. The van der Waals surface area contributed by atoms with Crippen LogP contribution in [0, 0.1) is 6.92 Å². The van der Waals surface area contributed by atoms with Crippen molar-refractivity contribution in [1.82, 2.24) is 9.97 Å². The Morgan fingerprint density at radius 2 is 2.05 bits per heavy atom. The van der Waals surface area contributed by atoms with Crippen LogP contribution in [0.2, 0.25) is 0 Å². The van der Waals surface area contributed by atoms with E-state index in [0.29, 0.717) is 11.9 Å². The second kappa shape index (κ2) is 6.22. The van der Waals surface area contributed by atoms with Gasteiger partial charge < -0.3 is 10.6 Å². The molecule has 0 aliphatic carbocycles. The monoisotopic (exact) mass is 262 g/mol. The zero-order chi connectivity index (χ0) is 13.8. The highest BCUT2D eigenvalue weighted by Gasteiger charge is 2.25. The Balaban J connectivity index is 2.34. The lowest BCUT2D eigenvalue weighted by atomic mass is 9.98. The molecule has 0 saturated carbocycles. The van der Waals surface area contributed by atoms with Gasteiger partial charge in [-0.1, -0.05) is 20.3 Å². The number of nitrogen functional groups attached to an aromatic ring is 1. The second-order valence-corrected chi connectivity index (χ2v) is 5.46. The molecule has 0 radical (unpaired) electrons. The molecule has 19 heavy (non-hydrogen) atoms. The van der Waals surface area contributed by atoms with Gasteiger partial charge >= 0.3 is 0 Å². The summed E-state index contributed by atoms with van der Waals surface area (Å²) in [4.78, 5) is 11.6. The molecule has 1 aromatic heterocycles. The first kappa shape index (κ1) is 14.1. The van der Waals surface area contributed by atoms with Crippen molar-refractivity contribution in [3.05, 3.63) is 11.4 Å². The summed E-state index contributed by atoms with van der Waals surface area (Å²) in [5.41, 5.74) is 7.09. The maximum Gasteiger partial charge on any atom is 0.137 e. The van der Waals surface area contributed by atoms with Crippen LogP contribution in [0.1, 0.15) is 57.3 Å². The SMILES string of the molecule is CCCC1CCCCN1c1nc(CC)nc(N)c1C. The largest absolute Gasteiger partial charge is 0.383 e. The van der Waals surface area contributed by atoms with Crippen molar-refractivity contribution in [2.24, 2.45) is 0 Å². The number of nitrogens with two attached hydrogens (primary N) is 1. The van der Waals surface area contributed by atoms with E-state index in [-0.39, 0.29) is 0 Å². The summed E-state index contributed by atoms with van der Waals surface area (Å²) in [6.45, 7) is 7.48. The molecule has 4 nitrogen and oxygen atoms in total. The van der Waals surface area contributed by atoms with Crippen LogP contribution in [0.5, 0.6) is 0 Å². The molecule has 1 unspecified atom stereocenters. The van der Waals surface area contributed by atoms with Gasteiger partial charge in [0.05, 0.1) is 0 Å². The van der Waals surface area contributed by atoms with Crippen LogP contribution in [0.3, 0.4) is 0 Å². The van der Waals surface area contributed by atoms with Crippen LogP contribution in [-0.2, 0) is 6.42 Å². The minimum absolute atomic E-state index is 0.622. The number of aromatic nitrogens is 2. The third-order valence-corrected chi connectivity index (χ3v) is 4.04. The molecule has 0 spiro atoms. The van der Waals surface area contributed by atoms with Crippen molar-refractivity contribution in [2.45, 2.75) is 65.3 Å². The summed E-state index contributed by atoms with van der Waals surface area (Å²) < 4.78 is 0. The molecule has 1 aliphatic heterocycles. The molecule has 4 heteroatoms. The molecule has 2 rings (SSSR count). The normalized spacial score (nSPS) is 19.7. The first-order valence-electron chi connectivity index (χ1n) is 7.57. The number of hydrogen-bond donors (Lipinski definition) is 1. The van der Waals surface area contributed by atoms with Crippen molar-refractivity contribution < 1.29 is 0 Å². The summed E-state index contributed by atoms with van der Waals surface area (Å²) in [7, 11) is 0. The summed E-state index contributed by atoms with van der Waals surface area (Å²) in [6, 6.07) is 0.622. The molecule has 1 aromatic rings. The smallest absolute Gasteiger partial charge is 0.137 e. The zero-order valence-corrected chi connectivity index (χ0v) is 12.4. The number of hydrogen-bond acceptors (Lipinski definition) is 4. The number of piperidine rings is 1. The first-order valence-corrected chi connectivity index (χ1v) is 7.57. The third kappa shape index (κ3) is 2.99. The maximum atomic E-state index is 6.05. The quantitative estimate of drug-likeness (QED) is 0.906. The molecule has 2 N–H and O–H groups in total. The van der Waals surface area contributed by atoms with Crippen LogP contribution in [0.15, 0.2) is 0 Å². The van der Waals surface area contributed by atoms with Crippen molar-refractivity contribution in [3.63, 3.8) is 0 Å². The summed E-state index contributed by atoms with van der Waals surface area (Å²) in [5, 5.41) is 0. The Kier molecular flexibility index (Phi) is 4.61. The van der Waals surface area contributed by atoms with Crippen LogP contribution in [0.4, 0.5) is 11.6 Å². The Morgan fingerprint density at radius 1 is 1.26 bits per heavy atom. The van der Waals surface area contributed by atoms with E-state index in [1.54, 1.807) is 0 Å². The lowest BCUT2D eigenvalue weighted by Gasteiger charge is -2.37. The number of anilines is 2. The fraction of sp³-hybridized carbons (Fsp3) is 0.733. The van der Waals surface area contributed by atoms with E-state index >= 15 is 0 Å². The zero-order valence-electron chi connectivity index (χ0n) is 12.4. The highest BCUT2D eigenvalue weighted by molar-refractivity contribution is 5.57. The Labute approximate surface area is 116 Å². The molecule has 106 valence electrons. The molecule has 1 atom stereocenters. The molecule has 1 aliphatic rings. The Morgan fingerprint density at radius 3 is 2.74 bits per heavy atom. The fourth-order valence-corrected chi connectivity index (χ4v) is 2.92. The van der Waals surface area contributed by atoms with E-state index < -0.39 is 0 Å². The van der Waals surface area contributed by atoms with Crippen molar-refractivity contribution in [1.29, 1.82) is 0 Å². The summed E-state index contributed by atoms with van der Waals surface area (Å²) >= 11 is 0. The van der Waals surface area contributed by atoms with Gasteiger partial charge in [-0.3, -0.25) is 0 Å². The van der Waals surface area contributed by atoms with Crippen LogP contribution >= 0.6 is 0 Å². The number of aryl methyl sites for hydroxylation is 1. The standard InChI is InChI=1S/C15H26N4/c1-4-8-12-9-6-7-10-19(12)15-11(3)14(16)17-13(5-2)18-15/h12H,4-10H2,1-3H3,(H2,16,17,18). The van der Waals surface area contributed by atoms with E-state index in [1.807, 2.05) is 6.92 Å². The van der Waals surface area contributed by atoms with E-state index in [4.69, 9.17) is 10.7 Å². The van der Waals surface area contributed by atoms with E-state index in [0.717, 1.165) is 30.2 Å². The van der Waals surface area contributed by atoms with Gasteiger partial charge in [-0.05, 0) is 32.6 Å². The van der Waals surface area contributed by atoms with Crippen LogP contribution in [-0.4, -0.2) is 22.6 Å². The van der Waals surface area contributed by atoms with E-state index in [1.165, 1.54) is 32.1 Å². The molecule has 2 heterocycles. The summed E-state index contributed by atoms with van der Waals surface area (Å²) in [5.74, 6) is 2.57. The molecular weight excluding hydrogens is 236 g/mol. The Hall–Kier alpha value is -1.32. The van der Waals surface area contributed by atoms with Gasteiger partial charge in [-0.15, -0.1) is 0 Å². The molecular formula is C15H26N4. The topological polar surface area (TPSA) is 55.0 Å². The molecule has 0 bridgehead atoms. The average Bonchev–Trinajstić information content (AvgIpc) is 2.43. The second-order valence-electron chi connectivity index (χ2n) is 5.46. The van der Waals surface area contributed by atoms with Crippen LogP contribution in [0.25, 0.3) is 0 Å². The lowest BCUT2D eigenvalue weighted by molar-refractivity contribution is 0.431. The summed E-state index contributed by atoms with van der Waals surface area (Å²) in [6.07, 6.45) is 7.17. The molecule has 1 fully saturated rings. The van der Waals surface area contributed by atoms with Gasteiger partial charge in [0.25, 0.3) is 0 Å². The average molecular weight is 262 g/mol. The predicted octanol–water partition coefficient (Wildman–Crippen LogP) is 3.09. The highest BCUT2D eigenvalue weighted by atomic mass is 15.2. The van der Waals surface area contributed by atoms with Gasteiger partial charge in [0.15, 0.2) is 0 Å². The fourth-order valence-electron chi connectivity index (χ4n) is 2.92. The van der Waals surface area contributed by atoms with Gasteiger partial charge in [0.1, 0.15) is 17.5 Å². The van der Waals surface area contributed by atoms with Gasteiger partial charge in [0, 0.05) is 24.6 Å². The van der Waals surface area contributed by atoms with E-state index in [2.05, 4.69) is 23.7 Å². The molecule has 1 saturated heterocycles. The maximum absolute atomic E-state index is 6.05. The lowest BCUT2D eigenvalue weighted by Crippen LogP contribution is -2.40.